The predicted molar refractivity (Wildman–Crippen MR) is 65.6 cm³/mol. The number of carbonyl (C=O) groups excluding carboxylic acids is 1. The summed E-state index contributed by atoms with van der Waals surface area (Å²) in [6.07, 6.45) is 0. The summed E-state index contributed by atoms with van der Waals surface area (Å²) in [7, 11) is 1.24. The Hall–Kier alpha value is -2.38. The summed E-state index contributed by atoms with van der Waals surface area (Å²) in [5.74, 6) is -0.000678. The zero-order valence-electron chi connectivity index (χ0n) is 10.1. The second-order valence-corrected chi connectivity index (χ2v) is 3.28. The van der Waals surface area contributed by atoms with E-state index in [0.29, 0.717) is 12.4 Å². The van der Waals surface area contributed by atoms with Crippen molar-refractivity contribution < 1.29 is 14.5 Å². The number of methoxy groups -OCH3 is 1. The van der Waals surface area contributed by atoms with Crippen LogP contribution in [0.2, 0.25) is 0 Å². The molecule has 0 spiro atoms. The standard InChI is InChI=1S/C10H14N4O4/c1-3-11-8-5-4-7(14(16)17)10(13-8)12-6-9(15)18-2/h4-5H,3,6H2,1-2H3,(H2,11,12,13). The second kappa shape index (κ2) is 6.38. The highest BCUT2D eigenvalue weighted by Gasteiger charge is 2.16. The fourth-order valence-electron chi connectivity index (χ4n) is 1.24. The molecular formula is C10H14N4O4. The highest BCUT2D eigenvalue weighted by Crippen LogP contribution is 2.23. The summed E-state index contributed by atoms with van der Waals surface area (Å²) in [4.78, 5) is 25.2. The fourth-order valence-corrected chi connectivity index (χ4v) is 1.24. The van der Waals surface area contributed by atoms with Gasteiger partial charge >= 0.3 is 11.7 Å². The minimum Gasteiger partial charge on any atom is -0.468 e. The van der Waals surface area contributed by atoms with E-state index in [1.165, 1.54) is 19.2 Å². The van der Waals surface area contributed by atoms with Crippen molar-refractivity contribution in [3.05, 3.63) is 22.2 Å². The molecule has 8 nitrogen and oxygen atoms in total. The Morgan fingerprint density at radius 3 is 2.78 bits per heavy atom. The van der Waals surface area contributed by atoms with E-state index in [9.17, 15) is 14.9 Å². The maximum Gasteiger partial charge on any atom is 0.325 e. The third kappa shape index (κ3) is 3.58. The first-order valence-electron chi connectivity index (χ1n) is 5.28. The van der Waals surface area contributed by atoms with Crippen LogP contribution < -0.4 is 10.6 Å². The van der Waals surface area contributed by atoms with Gasteiger partial charge in [-0.25, -0.2) is 4.98 Å². The molecule has 1 aromatic rings. The largest absolute Gasteiger partial charge is 0.468 e. The van der Waals surface area contributed by atoms with Gasteiger partial charge in [-0.1, -0.05) is 0 Å². The first kappa shape index (κ1) is 13.7. The number of hydrogen-bond acceptors (Lipinski definition) is 7. The summed E-state index contributed by atoms with van der Waals surface area (Å²) in [6, 6.07) is 2.83. The molecule has 2 N–H and O–H groups in total. The molecule has 0 unspecified atom stereocenters. The third-order valence-electron chi connectivity index (χ3n) is 2.06. The molecule has 18 heavy (non-hydrogen) atoms. The van der Waals surface area contributed by atoms with Crippen LogP contribution in [-0.2, 0) is 9.53 Å². The molecule has 0 atom stereocenters. The molecular weight excluding hydrogens is 240 g/mol. The van der Waals surface area contributed by atoms with Gasteiger partial charge in [-0.2, -0.15) is 0 Å². The Labute approximate surface area is 104 Å². The quantitative estimate of drug-likeness (QED) is 0.443. The predicted octanol–water partition coefficient (Wildman–Crippen LogP) is 1.01. The number of esters is 1. The number of rotatable bonds is 6. The molecule has 0 radical (unpaired) electrons. The molecule has 0 aromatic carbocycles. The number of ether oxygens (including phenoxy) is 1. The minimum atomic E-state index is -0.567. The van der Waals surface area contributed by atoms with E-state index in [-0.39, 0.29) is 18.1 Å². The van der Waals surface area contributed by atoms with Gasteiger partial charge in [0.15, 0.2) is 0 Å². The van der Waals surface area contributed by atoms with Crippen LogP contribution in [0.1, 0.15) is 6.92 Å². The van der Waals surface area contributed by atoms with Crippen molar-refractivity contribution >= 4 is 23.3 Å². The van der Waals surface area contributed by atoms with Crippen molar-refractivity contribution in [2.45, 2.75) is 6.92 Å². The summed E-state index contributed by atoms with van der Waals surface area (Å²) in [6.45, 7) is 2.34. The number of aromatic nitrogens is 1. The molecule has 8 heteroatoms. The maximum atomic E-state index is 11.0. The lowest BCUT2D eigenvalue weighted by Gasteiger charge is -2.07. The van der Waals surface area contributed by atoms with Crippen LogP contribution in [0.15, 0.2) is 12.1 Å². The maximum absolute atomic E-state index is 11.0. The van der Waals surface area contributed by atoms with Crippen LogP contribution in [-0.4, -0.2) is 36.1 Å². The number of anilines is 2. The molecule has 0 aliphatic carbocycles. The number of nitro groups is 1. The van der Waals surface area contributed by atoms with Crippen molar-refractivity contribution in [2.24, 2.45) is 0 Å². The lowest BCUT2D eigenvalue weighted by Crippen LogP contribution is -2.17. The van der Waals surface area contributed by atoms with E-state index in [0.717, 1.165) is 0 Å². The van der Waals surface area contributed by atoms with Gasteiger partial charge in [-0.05, 0) is 13.0 Å². The van der Waals surface area contributed by atoms with Crippen LogP contribution in [0.4, 0.5) is 17.3 Å². The smallest absolute Gasteiger partial charge is 0.325 e. The van der Waals surface area contributed by atoms with Crippen molar-refractivity contribution in [1.82, 2.24) is 4.98 Å². The SMILES string of the molecule is CCNc1ccc([N+](=O)[O-])c(NCC(=O)OC)n1. The molecule has 1 aromatic heterocycles. The summed E-state index contributed by atoms with van der Waals surface area (Å²) >= 11 is 0. The second-order valence-electron chi connectivity index (χ2n) is 3.28. The molecule has 1 heterocycles. The normalized spacial score (nSPS) is 9.67. The summed E-state index contributed by atoms with van der Waals surface area (Å²) < 4.78 is 4.44. The number of carbonyl (C=O) groups is 1. The van der Waals surface area contributed by atoms with E-state index >= 15 is 0 Å². The van der Waals surface area contributed by atoms with Crippen LogP contribution in [0, 0.1) is 10.1 Å². The van der Waals surface area contributed by atoms with Crippen LogP contribution in [0.3, 0.4) is 0 Å². The topological polar surface area (TPSA) is 106 Å². The Morgan fingerprint density at radius 2 is 2.22 bits per heavy atom. The molecule has 98 valence electrons. The number of nitrogens with one attached hydrogen (secondary N) is 2. The molecule has 0 aliphatic rings. The molecule has 0 amide bonds. The van der Waals surface area contributed by atoms with Gasteiger partial charge in [-0.3, -0.25) is 14.9 Å². The molecule has 0 aliphatic heterocycles. The van der Waals surface area contributed by atoms with Crippen LogP contribution >= 0.6 is 0 Å². The van der Waals surface area contributed by atoms with Crippen molar-refractivity contribution in [3.63, 3.8) is 0 Å². The van der Waals surface area contributed by atoms with Gasteiger partial charge in [0, 0.05) is 12.6 Å². The molecule has 0 saturated carbocycles. The molecule has 0 saturated heterocycles. The van der Waals surface area contributed by atoms with Gasteiger partial charge in [0.2, 0.25) is 5.82 Å². The minimum absolute atomic E-state index is 0.0313. The van der Waals surface area contributed by atoms with E-state index in [1.807, 2.05) is 6.92 Å². The van der Waals surface area contributed by atoms with E-state index in [4.69, 9.17) is 0 Å². The van der Waals surface area contributed by atoms with Gasteiger partial charge in [0.1, 0.15) is 12.4 Å². The molecule has 0 fully saturated rings. The van der Waals surface area contributed by atoms with Crippen molar-refractivity contribution in [2.75, 3.05) is 30.8 Å². The lowest BCUT2D eigenvalue weighted by molar-refractivity contribution is -0.384. The summed E-state index contributed by atoms with van der Waals surface area (Å²) in [5, 5.41) is 16.3. The van der Waals surface area contributed by atoms with Gasteiger partial charge in [0.05, 0.1) is 12.0 Å². The van der Waals surface area contributed by atoms with Gasteiger partial charge in [0.25, 0.3) is 0 Å². The van der Waals surface area contributed by atoms with Gasteiger partial charge < -0.3 is 15.4 Å². The van der Waals surface area contributed by atoms with E-state index in [1.54, 1.807) is 0 Å². The molecule has 1 rings (SSSR count). The van der Waals surface area contributed by atoms with Crippen LogP contribution in [0.25, 0.3) is 0 Å². The number of hydrogen-bond donors (Lipinski definition) is 2. The van der Waals surface area contributed by atoms with Crippen LogP contribution in [0.5, 0.6) is 0 Å². The third-order valence-corrected chi connectivity index (χ3v) is 2.06. The average molecular weight is 254 g/mol. The average Bonchev–Trinajstić information content (AvgIpc) is 2.36. The van der Waals surface area contributed by atoms with Crippen molar-refractivity contribution in [1.29, 1.82) is 0 Å². The Morgan fingerprint density at radius 1 is 1.50 bits per heavy atom. The highest BCUT2D eigenvalue weighted by molar-refractivity contribution is 5.75. The monoisotopic (exact) mass is 254 g/mol. The summed E-state index contributed by atoms with van der Waals surface area (Å²) in [5.41, 5.74) is -0.194. The van der Waals surface area contributed by atoms with E-state index in [2.05, 4.69) is 20.4 Å². The Balaban J connectivity index is 2.92. The number of nitrogens with zero attached hydrogens (tertiary/aromatic N) is 2. The first-order chi connectivity index (χ1) is 8.58. The zero-order valence-corrected chi connectivity index (χ0v) is 10.1. The van der Waals surface area contributed by atoms with E-state index < -0.39 is 10.9 Å². The number of pyridine rings is 1. The Kier molecular flexibility index (Phi) is 4.85. The zero-order chi connectivity index (χ0) is 13.5. The lowest BCUT2D eigenvalue weighted by atomic mass is 10.3. The highest BCUT2D eigenvalue weighted by atomic mass is 16.6. The first-order valence-corrected chi connectivity index (χ1v) is 5.28. The Bertz CT molecular complexity index is 450. The fraction of sp³-hybridized carbons (Fsp3) is 0.400. The molecule has 0 bridgehead atoms. The van der Waals surface area contributed by atoms with Gasteiger partial charge in [-0.15, -0.1) is 0 Å². The van der Waals surface area contributed by atoms with Crippen molar-refractivity contribution in [3.8, 4) is 0 Å².